The predicted octanol–water partition coefficient (Wildman–Crippen LogP) is 8.76. The van der Waals surface area contributed by atoms with Gasteiger partial charge in [0.2, 0.25) is 0 Å². The summed E-state index contributed by atoms with van der Waals surface area (Å²) in [7, 11) is -10.8. The van der Waals surface area contributed by atoms with Crippen LogP contribution in [0.15, 0.2) is 48.5 Å². The van der Waals surface area contributed by atoms with E-state index in [0.29, 0.717) is 5.56 Å². The molecule has 0 aliphatic carbocycles. The first-order chi connectivity index (χ1) is 17.4. The minimum absolute atomic E-state index is 0.683. The second-order valence-corrected chi connectivity index (χ2v) is 32.5. The van der Waals surface area contributed by atoms with Gasteiger partial charge < -0.3 is 16.5 Å². The van der Waals surface area contributed by atoms with Crippen LogP contribution >= 0.6 is 0 Å². The molecule has 2 aromatic carbocycles. The van der Waals surface area contributed by atoms with Crippen molar-refractivity contribution < 1.29 is 16.5 Å². The van der Waals surface area contributed by atoms with Crippen LogP contribution < -0.4 is 0 Å². The molecule has 0 unspecified atom stereocenters. The van der Waals surface area contributed by atoms with Gasteiger partial charge in [0.1, 0.15) is 0 Å². The van der Waals surface area contributed by atoms with E-state index in [1.54, 1.807) is 0 Å². The minimum Gasteiger partial charge on any atom is -0.436 e. The van der Waals surface area contributed by atoms with Gasteiger partial charge in [-0.25, -0.2) is 0 Å². The first kappa shape index (κ1) is 33.1. The fourth-order valence-corrected chi connectivity index (χ4v) is 30.0. The van der Waals surface area contributed by atoms with Crippen molar-refractivity contribution in [3.63, 3.8) is 0 Å². The summed E-state index contributed by atoms with van der Waals surface area (Å²) in [6.07, 6.45) is 2.13. The Morgan fingerprint density at radius 1 is 0.579 bits per heavy atom. The van der Waals surface area contributed by atoms with Crippen molar-refractivity contribution in [2.45, 2.75) is 97.3 Å². The van der Waals surface area contributed by atoms with E-state index in [9.17, 15) is 0 Å². The number of benzene rings is 2. The van der Waals surface area contributed by atoms with Gasteiger partial charge in [0.25, 0.3) is 0 Å². The monoisotopic (exact) mass is 603 g/mol. The van der Waals surface area contributed by atoms with Gasteiger partial charge >= 0.3 is 25.7 Å². The third-order valence-corrected chi connectivity index (χ3v) is 25.6. The number of nitriles is 1. The van der Waals surface area contributed by atoms with Crippen LogP contribution in [-0.2, 0) is 22.9 Å². The normalized spacial score (nSPS) is 13.4. The summed E-state index contributed by atoms with van der Waals surface area (Å²) in [6, 6.07) is 20.8. The van der Waals surface area contributed by atoms with E-state index in [1.165, 1.54) is 5.56 Å². The summed E-state index contributed by atoms with van der Waals surface area (Å²) in [6.45, 7) is 24.3. The van der Waals surface area contributed by atoms with E-state index in [4.69, 9.17) is 21.7 Å². The molecule has 210 valence electrons. The van der Waals surface area contributed by atoms with E-state index in [2.05, 4.69) is 103 Å². The second kappa shape index (κ2) is 13.0. The molecule has 38 heavy (non-hydrogen) atoms. The van der Waals surface area contributed by atoms with Gasteiger partial charge in [-0.1, -0.05) is 49.7 Å². The van der Waals surface area contributed by atoms with Crippen molar-refractivity contribution in [1.29, 1.82) is 5.26 Å². The lowest BCUT2D eigenvalue weighted by Crippen LogP contribution is -2.58. The molecular formula is C28H49NO4Si5. The summed E-state index contributed by atoms with van der Waals surface area (Å²) in [5, 5.41) is 9.02. The lowest BCUT2D eigenvalue weighted by molar-refractivity contribution is 0.298. The zero-order valence-corrected chi connectivity index (χ0v) is 30.5. The Labute approximate surface area is 237 Å². The molecule has 0 saturated heterocycles. The summed E-state index contributed by atoms with van der Waals surface area (Å²) >= 11 is 0. The Hall–Kier alpha value is -1.15. The van der Waals surface area contributed by atoms with Gasteiger partial charge in [0.05, 0.1) is 11.6 Å². The fourth-order valence-electron chi connectivity index (χ4n) is 5.33. The number of nitrogens with zero attached hydrogens (tertiary/aromatic N) is 1. The fraction of sp³-hybridized carbons (Fsp3) is 0.536. The zero-order valence-electron chi connectivity index (χ0n) is 25.5. The van der Waals surface area contributed by atoms with Crippen molar-refractivity contribution in [2.24, 2.45) is 0 Å². The summed E-state index contributed by atoms with van der Waals surface area (Å²) < 4.78 is 26.8. The molecule has 0 atom stereocenters. The van der Waals surface area contributed by atoms with Gasteiger partial charge in [0, 0.05) is 0 Å². The van der Waals surface area contributed by atoms with E-state index in [-0.39, 0.29) is 0 Å². The van der Waals surface area contributed by atoms with Gasteiger partial charge in [-0.2, -0.15) is 5.26 Å². The van der Waals surface area contributed by atoms with Crippen molar-refractivity contribution in [3.8, 4) is 17.2 Å². The van der Waals surface area contributed by atoms with Crippen LogP contribution in [0.4, 0.5) is 0 Å². The highest BCUT2D eigenvalue weighted by molar-refractivity contribution is 6.90. The van der Waals surface area contributed by atoms with Crippen molar-refractivity contribution in [3.05, 3.63) is 59.7 Å². The third kappa shape index (κ3) is 11.5. The molecule has 5 nitrogen and oxygen atoms in total. The minimum atomic E-state index is -2.43. The molecule has 0 aliphatic heterocycles. The average molecular weight is 604 g/mol. The average Bonchev–Trinajstić information content (AvgIpc) is 2.74. The van der Waals surface area contributed by atoms with Crippen LogP contribution in [0.5, 0.6) is 0 Å². The molecule has 0 bridgehead atoms. The topological polar surface area (TPSA) is 60.7 Å². The highest BCUT2D eigenvalue weighted by atomic mass is 28.5. The smallest absolute Gasteiger partial charge is 0.314 e. The standard InChI is InChI=1S/C28H49NO4Si5/c1-12-22-34(2,3)30-36(6,7)32-38(10,11)33-37(8,9)31-35(4,5)23-21-25-13-17-27(18-14-25)28-19-15-26(24-29)16-20-28/h13-20H,12,21-23H2,1-11H3. The van der Waals surface area contributed by atoms with Gasteiger partial charge in [0.15, 0.2) is 16.6 Å². The van der Waals surface area contributed by atoms with Crippen LogP contribution in [0.2, 0.25) is 77.6 Å². The lowest BCUT2D eigenvalue weighted by Gasteiger charge is -2.42. The molecule has 0 N–H and O–H groups in total. The lowest BCUT2D eigenvalue weighted by atomic mass is 10.0. The van der Waals surface area contributed by atoms with Crippen LogP contribution in [-0.4, -0.2) is 42.3 Å². The molecule has 0 saturated carbocycles. The van der Waals surface area contributed by atoms with Gasteiger partial charge in [-0.15, -0.1) is 0 Å². The summed E-state index contributed by atoms with van der Waals surface area (Å²) in [5.74, 6) is 0. The maximum Gasteiger partial charge on any atom is 0.314 e. The SMILES string of the molecule is CCC[Si](C)(C)O[Si](C)(C)O[Si](C)(C)O[Si](C)(C)O[Si](C)(C)CCc1ccc(-c2ccc(C#N)cc2)cc1. The van der Waals surface area contributed by atoms with Crippen LogP contribution in [0, 0.1) is 11.3 Å². The largest absolute Gasteiger partial charge is 0.436 e. The molecule has 2 aromatic rings. The Bertz CT molecular complexity index is 1080. The first-order valence-electron chi connectivity index (χ1n) is 13.8. The Balaban J connectivity index is 1.95. The number of aryl methyl sites for hydroxylation is 1. The summed E-state index contributed by atoms with van der Waals surface area (Å²) in [4.78, 5) is 0. The predicted molar refractivity (Wildman–Crippen MR) is 172 cm³/mol. The zero-order chi connectivity index (χ0) is 28.8. The summed E-state index contributed by atoms with van der Waals surface area (Å²) in [5.41, 5.74) is 4.29. The van der Waals surface area contributed by atoms with Crippen LogP contribution in [0.25, 0.3) is 11.1 Å². The molecule has 0 aliphatic rings. The molecule has 2 rings (SSSR count). The van der Waals surface area contributed by atoms with Crippen molar-refractivity contribution in [2.75, 3.05) is 0 Å². The second-order valence-electron chi connectivity index (χ2n) is 12.8. The molecule has 0 aromatic heterocycles. The van der Waals surface area contributed by atoms with E-state index in [1.807, 2.05) is 24.3 Å². The molecular weight excluding hydrogens is 555 g/mol. The molecule has 0 amide bonds. The molecule has 0 fully saturated rings. The Kier molecular flexibility index (Phi) is 11.3. The number of hydrogen-bond donors (Lipinski definition) is 0. The van der Waals surface area contributed by atoms with E-state index < -0.39 is 42.3 Å². The highest BCUT2D eigenvalue weighted by Crippen LogP contribution is 2.29. The third-order valence-electron chi connectivity index (χ3n) is 6.20. The van der Waals surface area contributed by atoms with Crippen molar-refractivity contribution in [1.82, 2.24) is 0 Å². The maximum absolute atomic E-state index is 9.02. The quantitative estimate of drug-likeness (QED) is 0.202. The molecule has 0 radical (unpaired) electrons. The van der Waals surface area contributed by atoms with Gasteiger partial charge in [-0.05, 0) is 113 Å². The maximum atomic E-state index is 9.02. The van der Waals surface area contributed by atoms with Gasteiger partial charge in [-0.3, -0.25) is 0 Å². The number of rotatable bonds is 14. The van der Waals surface area contributed by atoms with Crippen LogP contribution in [0.3, 0.4) is 0 Å². The molecule has 10 heteroatoms. The van der Waals surface area contributed by atoms with Crippen molar-refractivity contribution >= 4 is 42.3 Å². The van der Waals surface area contributed by atoms with E-state index in [0.717, 1.165) is 36.1 Å². The molecule has 0 heterocycles. The Morgan fingerprint density at radius 3 is 1.39 bits per heavy atom. The Morgan fingerprint density at radius 2 is 0.974 bits per heavy atom. The molecule has 0 spiro atoms. The highest BCUT2D eigenvalue weighted by Gasteiger charge is 2.45. The van der Waals surface area contributed by atoms with Crippen LogP contribution in [0.1, 0.15) is 24.5 Å². The first-order valence-corrected chi connectivity index (χ1v) is 28.4. The number of hydrogen-bond acceptors (Lipinski definition) is 5. The van der Waals surface area contributed by atoms with E-state index >= 15 is 0 Å².